The highest BCUT2D eigenvalue weighted by Gasteiger charge is 2.60. The van der Waals surface area contributed by atoms with Crippen LogP contribution in [0.2, 0.25) is 18.1 Å². The van der Waals surface area contributed by atoms with Gasteiger partial charge in [-0.25, -0.2) is 4.79 Å². The first kappa shape index (κ1) is 23.5. The largest absolute Gasteiger partial charge is 0.406 e. The molecule has 1 amide bonds. The van der Waals surface area contributed by atoms with Crippen molar-refractivity contribution in [3.8, 4) is 0 Å². The molecule has 0 radical (unpaired) electrons. The average molecular weight is 430 g/mol. The Kier molecular flexibility index (Phi) is 6.60. The van der Waals surface area contributed by atoms with Crippen LogP contribution in [0, 0.1) is 0 Å². The van der Waals surface area contributed by atoms with Crippen LogP contribution >= 0.6 is 0 Å². The van der Waals surface area contributed by atoms with Gasteiger partial charge in [0, 0.05) is 19.3 Å². The molecule has 0 aliphatic carbocycles. The monoisotopic (exact) mass is 429 g/mol. The molecule has 29 heavy (non-hydrogen) atoms. The summed E-state index contributed by atoms with van der Waals surface area (Å²) in [6.45, 7) is 9.38. The lowest BCUT2D eigenvalue weighted by atomic mass is 9.88. The molecule has 1 aliphatic rings. The number of hydrogen-bond donors (Lipinski definition) is 4. The average Bonchev–Trinajstić information content (AvgIpc) is 2.85. The van der Waals surface area contributed by atoms with Crippen LogP contribution in [-0.4, -0.2) is 65.5 Å². The van der Waals surface area contributed by atoms with Gasteiger partial charge < -0.3 is 24.7 Å². The maximum absolute atomic E-state index is 12.4. The summed E-state index contributed by atoms with van der Waals surface area (Å²) < 4.78 is 13.3. The van der Waals surface area contributed by atoms with Gasteiger partial charge in [0.1, 0.15) is 17.8 Å². The van der Waals surface area contributed by atoms with Crippen molar-refractivity contribution in [3.05, 3.63) is 33.1 Å². The molecule has 0 saturated carbocycles. The number of carbonyl (C=O) groups is 1. The van der Waals surface area contributed by atoms with Gasteiger partial charge in [-0.05, 0) is 18.1 Å². The minimum atomic E-state index is -2.51. The predicted octanol–water partition coefficient (Wildman–Crippen LogP) is -0.316. The summed E-state index contributed by atoms with van der Waals surface area (Å²) in [5.74, 6) is -0.465. The molecular weight excluding hydrogens is 398 g/mol. The molecular formula is C18H31N3O7Si. The lowest BCUT2D eigenvalue weighted by molar-refractivity contribution is -0.135. The van der Waals surface area contributed by atoms with E-state index in [0.29, 0.717) is 0 Å². The van der Waals surface area contributed by atoms with Crippen LogP contribution in [0.25, 0.3) is 0 Å². The molecule has 1 aliphatic heterocycles. The fourth-order valence-electron chi connectivity index (χ4n) is 3.04. The van der Waals surface area contributed by atoms with Crippen LogP contribution in [0.1, 0.15) is 33.4 Å². The Labute approximate surface area is 170 Å². The number of aliphatic hydroxyl groups is 2. The van der Waals surface area contributed by atoms with Crippen molar-refractivity contribution in [2.45, 2.75) is 69.4 Å². The van der Waals surface area contributed by atoms with Gasteiger partial charge in [-0.2, -0.15) is 0 Å². The number of nitrogens with zero attached hydrogens (tertiary/aromatic N) is 1. The molecule has 11 heteroatoms. The Morgan fingerprint density at radius 3 is 2.52 bits per heavy atom. The van der Waals surface area contributed by atoms with Crippen LogP contribution in [0.5, 0.6) is 0 Å². The highest BCUT2D eigenvalue weighted by atomic mass is 28.4. The molecule has 2 rings (SSSR count). The van der Waals surface area contributed by atoms with Crippen molar-refractivity contribution in [1.82, 2.24) is 14.9 Å². The molecule has 4 atom stereocenters. The number of aromatic amines is 1. The Morgan fingerprint density at radius 1 is 1.41 bits per heavy atom. The first-order valence-electron chi connectivity index (χ1n) is 9.45. The normalized spacial score (nSPS) is 27.8. The topological polar surface area (TPSA) is 143 Å². The Balaban J connectivity index is 2.61. The van der Waals surface area contributed by atoms with E-state index in [1.807, 2.05) is 33.9 Å². The third kappa shape index (κ3) is 4.53. The van der Waals surface area contributed by atoms with E-state index < -0.39 is 56.1 Å². The van der Waals surface area contributed by atoms with Crippen molar-refractivity contribution in [3.63, 3.8) is 0 Å². The maximum Gasteiger partial charge on any atom is 0.330 e. The van der Waals surface area contributed by atoms with E-state index in [1.54, 1.807) is 0 Å². The fraction of sp³-hybridized carbons (Fsp3) is 0.722. The predicted molar refractivity (Wildman–Crippen MR) is 108 cm³/mol. The molecule has 1 fully saturated rings. The van der Waals surface area contributed by atoms with Gasteiger partial charge in [0.25, 0.3) is 5.56 Å². The number of carbonyl (C=O) groups excluding carboxylic acids is 1. The molecule has 1 aromatic rings. The van der Waals surface area contributed by atoms with E-state index in [2.05, 4.69) is 10.3 Å². The highest BCUT2D eigenvalue weighted by Crippen LogP contribution is 2.46. The van der Waals surface area contributed by atoms with Crippen molar-refractivity contribution >= 4 is 14.2 Å². The van der Waals surface area contributed by atoms with E-state index >= 15 is 0 Å². The summed E-state index contributed by atoms with van der Waals surface area (Å²) in [5, 5.41) is 23.5. The smallest absolute Gasteiger partial charge is 0.330 e. The number of H-pyrrole nitrogens is 1. The van der Waals surface area contributed by atoms with Crippen molar-refractivity contribution in [1.29, 1.82) is 0 Å². The molecule has 0 spiro atoms. The summed E-state index contributed by atoms with van der Waals surface area (Å²) >= 11 is 0. The Morgan fingerprint density at radius 2 is 2.03 bits per heavy atom. The molecule has 4 N–H and O–H groups in total. The summed E-state index contributed by atoms with van der Waals surface area (Å²) in [6.07, 6.45) is -2.57. The van der Waals surface area contributed by atoms with Gasteiger partial charge in [0.05, 0.1) is 13.0 Å². The fourth-order valence-corrected chi connectivity index (χ4v) is 4.35. The van der Waals surface area contributed by atoms with Gasteiger partial charge in [0.2, 0.25) is 5.91 Å². The van der Waals surface area contributed by atoms with E-state index in [0.717, 1.165) is 10.6 Å². The zero-order valence-corrected chi connectivity index (χ0v) is 18.7. The van der Waals surface area contributed by atoms with E-state index in [1.165, 1.54) is 13.2 Å². The van der Waals surface area contributed by atoms with E-state index in [9.17, 15) is 24.6 Å². The third-order valence-corrected chi connectivity index (χ3v) is 10.3. The first-order chi connectivity index (χ1) is 13.3. The lowest BCUT2D eigenvalue weighted by Crippen LogP contribution is -2.57. The van der Waals surface area contributed by atoms with Crippen LogP contribution in [-0.2, 0) is 14.0 Å². The number of ether oxygens (including phenoxy) is 1. The second-order valence-electron chi connectivity index (χ2n) is 8.86. The summed E-state index contributed by atoms with van der Waals surface area (Å²) in [4.78, 5) is 38.1. The van der Waals surface area contributed by atoms with Crippen LogP contribution in [0.4, 0.5) is 0 Å². The summed E-state index contributed by atoms with van der Waals surface area (Å²) in [5.41, 5.74) is -3.21. The van der Waals surface area contributed by atoms with Gasteiger partial charge in [-0.15, -0.1) is 0 Å². The van der Waals surface area contributed by atoms with Gasteiger partial charge in [-0.1, -0.05) is 20.8 Å². The molecule has 0 unspecified atom stereocenters. The van der Waals surface area contributed by atoms with E-state index in [4.69, 9.17) is 9.16 Å². The zero-order valence-electron chi connectivity index (χ0n) is 17.7. The second-order valence-corrected chi connectivity index (χ2v) is 13.6. The van der Waals surface area contributed by atoms with Crippen molar-refractivity contribution < 1.29 is 24.2 Å². The van der Waals surface area contributed by atoms with Crippen LogP contribution < -0.4 is 16.6 Å². The number of nitrogens with one attached hydrogen (secondary N) is 2. The molecule has 164 valence electrons. The first-order valence-corrected chi connectivity index (χ1v) is 12.4. The van der Waals surface area contributed by atoms with Crippen molar-refractivity contribution in [2.75, 3.05) is 13.7 Å². The zero-order chi connectivity index (χ0) is 22.2. The Bertz CT molecular complexity index is 860. The third-order valence-electron chi connectivity index (χ3n) is 5.85. The van der Waals surface area contributed by atoms with Gasteiger partial charge >= 0.3 is 5.69 Å². The molecule has 1 aromatic heterocycles. The van der Waals surface area contributed by atoms with Gasteiger partial charge in [0.15, 0.2) is 14.5 Å². The standard InChI is InChI=1S/C18H31N3O7Si/c1-17(2,3)29(5,6)28-14-15(21-8-7-12(23)20-16(21)25)27-11(10-22)18(14,26)9-13(24)19-4/h7-8,11,14-15,22,26H,9-10H2,1-6H3,(H,19,24)(H,20,23,25)/t11-,14+,15-,18-/m1/s1. The maximum atomic E-state index is 12.4. The molecule has 2 heterocycles. The highest BCUT2D eigenvalue weighted by molar-refractivity contribution is 6.74. The van der Waals surface area contributed by atoms with Gasteiger partial charge in [-0.3, -0.25) is 19.1 Å². The number of amides is 1. The quantitative estimate of drug-likeness (QED) is 0.454. The minimum absolute atomic E-state index is 0.237. The van der Waals surface area contributed by atoms with Crippen LogP contribution in [0.15, 0.2) is 21.9 Å². The number of hydrogen-bond acceptors (Lipinski definition) is 7. The van der Waals surface area contributed by atoms with Crippen molar-refractivity contribution in [2.24, 2.45) is 0 Å². The molecule has 0 aromatic carbocycles. The Hall–Kier alpha value is -1.79. The summed E-state index contributed by atoms with van der Waals surface area (Å²) in [6, 6.07) is 1.15. The molecule has 0 bridgehead atoms. The minimum Gasteiger partial charge on any atom is -0.406 e. The lowest BCUT2D eigenvalue weighted by Gasteiger charge is -2.43. The summed E-state index contributed by atoms with van der Waals surface area (Å²) in [7, 11) is -1.07. The molecule has 10 nitrogen and oxygen atoms in total. The molecule has 1 saturated heterocycles. The van der Waals surface area contributed by atoms with Crippen LogP contribution in [0.3, 0.4) is 0 Å². The number of rotatable bonds is 6. The number of aliphatic hydroxyl groups excluding tert-OH is 1. The van der Waals surface area contributed by atoms with E-state index in [-0.39, 0.29) is 11.5 Å². The number of aromatic nitrogens is 2. The second kappa shape index (κ2) is 8.15. The SMILES string of the molecule is CNC(=O)C[C@@]1(O)[C@@H](CO)O[C@@H](n2ccc(=O)[nH]c2=O)[C@@H]1O[Si](C)(C)C(C)(C)C.